The highest BCUT2D eigenvalue weighted by molar-refractivity contribution is 5.65. The van der Waals surface area contributed by atoms with E-state index in [1.165, 1.54) is 13.2 Å². The minimum absolute atomic E-state index is 0.381. The summed E-state index contributed by atoms with van der Waals surface area (Å²) in [6.45, 7) is 5.47. The van der Waals surface area contributed by atoms with E-state index >= 15 is 0 Å². The first-order valence-electron chi connectivity index (χ1n) is 3.50. The Hall–Kier alpha value is -1.38. The number of ether oxygens (including phenoxy) is 1. The average molecular weight is 167 g/mol. The van der Waals surface area contributed by atoms with Gasteiger partial charge in [-0.1, -0.05) is 6.58 Å². The fourth-order valence-electron chi connectivity index (χ4n) is 0.895. The van der Waals surface area contributed by atoms with Crippen LogP contribution in [-0.4, -0.2) is 12.1 Å². The molecular formula is C9H10FNO. The number of hydrogen-bond donors (Lipinski definition) is 0. The van der Waals surface area contributed by atoms with Crippen LogP contribution in [0, 0.1) is 5.82 Å². The Labute approximate surface area is 70.7 Å². The lowest BCUT2D eigenvalue weighted by molar-refractivity contribution is 0.394. The molecule has 0 aromatic carbocycles. The first kappa shape index (κ1) is 8.71. The number of rotatable bonds is 2. The second-order valence-electron chi connectivity index (χ2n) is 2.49. The lowest BCUT2D eigenvalue weighted by Crippen LogP contribution is -1.93. The highest BCUT2D eigenvalue weighted by Gasteiger charge is 2.05. The summed E-state index contributed by atoms with van der Waals surface area (Å²) in [6, 6.07) is 1.36. The van der Waals surface area contributed by atoms with Crippen molar-refractivity contribution in [1.82, 2.24) is 4.98 Å². The molecule has 0 atom stereocenters. The van der Waals surface area contributed by atoms with Crippen LogP contribution in [0.3, 0.4) is 0 Å². The highest BCUT2D eigenvalue weighted by atomic mass is 19.1. The predicted octanol–water partition coefficient (Wildman–Crippen LogP) is 2.26. The summed E-state index contributed by atoms with van der Waals surface area (Å²) in [6.07, 6.45) is 1.12. The molecule has 3 heteroatoms. The molecule has 0 saturated heterocycles. The Morgan fingerprint density at radius 2 is 2.33 bits per heavy atom. The number of allylic oxidation sites excluding steroid dienone is 1. The smallest absolute Gasteiger partial charge is 0.220 e. The van der Waals surface area contributed by atoms with Crippen LogP contribution in [0.5, 0.6) is 5.88 Å². The molecule has 0 aliphatic heterocycles. The summed E-state index contributed by atoms with van der Waals surface area (Å²) in [7, 11) is 1.49. The quantitative estimate of drug-likeness (QED) is 0.674. The van der Waals surface area contributed by atoms with Crippen LogP contribution < -0.4 is 4.74 Å². The minimum atomic E-state index is -0.381. The van der Waals surface area contributed by atoms with Crippen molar-refractivity contribution in [1.29, 1.82) is 0 Å². The molecular weight excluding hydrogens is 157 g/mol. The Kier molecular flexibility index (Phi) is 2.43. The molecule has 0 saturated carbocycles. The summed E-state index contributed by atoms with van der Waals surface area (Å²) in [5.74, 6) is 0.0256. The standard InChI is InChI=1S/C9H10FNO/c1-6(2)8-4-7(10)5-11-9(8)12-3/h4-5H,1H2,2-3H3. The van der Waals surface area contributed by atoms with Gasteiger partial charge >= 0.3 is 0 Å². The van der Waals surface area contributed by atoms with Gasteiger partial charge in [0.25, 0.3) is 0 Å². The number of halogens is 1. The molecule has 0 aliphatic carbocycles. The van der Waals surface area contributed by atoms with E-state index in [1.54, 1.807) is 6.92 Å². The molecule has 1 rings (SSSR count). The van der Waals surface area contributed by atoms with E-state index in [0.717, 1.165) is 11.8 Å². The van der Waals surface area contributed by atoms with E-state index in [9.17, 15) is 4.39 Å². The van der Waals surface area contributed by atoms with Crippen LogP contribution in [0.4, 0.5) is 4.39 Å². The van der Waals surface area contributed by atoms with Gasteiger partial charge in [0.2, 0.25) is 5.88 Å². The highest BCUT2D eigenvalue weighted by Crippen LogP contribution is 2.22. The van der Waals surface area contributed by atoms with Gasteiger partial charge in [0.1, 0.15) is 5.82 Å². The molecule has 0 spiro atoms. The molecule has 1 aromatic heterocycles. The zero-order chi connectivity index (χ0) is 9.14. The van der Waals surface area contributed by atoms with Crippen molar-refractivity contribution in [2.24, 2.45) is 0 Å². The summed E-state index contributed by atoms with van der Waals surface area (Å²) >= 11 is 0. The number of hydrogen-bond acceptors (Lipinski definition) is 2. The predicted molar refractivity (Wildman–Crippen MR) is 45.5 cm³/mol. The SMILES string of the molecule is C=C(C)c1cc(F)cnc1OC. The zero-order valence-corrected chi connectivity index (χ0v) is 7.10. The van der Waals surface area contributed by atoms with Crippen LogP contribution in [0.2, 0.25) is 0 Å². The molecule has 0 fully saturated rings. The topological polar surface area (TPSA) is 22.1 Å². The van der Waals surface area contributed by atoms with Crippen LogP contribution in [0.15, 0.2) is 18.8 Å². The average Bonchev–Trinajstić information content (AvgIpc) is 2.04. The van der Waals surface area contributed by atoms with Crippen LogP contribution in [0.1, 0.15) is 12.5 Å². The lowest BCUT2D eigenvalue weighted by atomic mass is 10.1. The van der Waals surface area contributed by atoms with Crippen molar-refractivity contribution in [2.75, 3.05) is 7.11 Å². The number of aromatic nitrogens is 1. The van der Waals surface area contributed by atoms with Gasteiger partial charge in [-0.15, -0.1) is 0 Å². The summed E-state index contributed by atoms with van der Waals surface area (Å²) in [5, 5.41) is 0. The number of methoxy groups -OCH3 is 1. The second kappa shape index (κ2) is 3.34. The summed E-state index contributed by atoms with van der Waals surface area (Å²) in [4.78, 5) is 3.76. The van der Waals surface area contributed by atoms with Gasteiger partial charge in [0.05, 0.1) is 13.3 Å². The molecule has 0 radical (unpaired) electrons. The largest absolute Gasteiger partial charge is 0.481 e. The zero-order valence-electron chi connectivity index (χ0n) is 7.10. The number of nitrogens with zero attached hydrogens (tertiary/aromatic N) is 1. The first-order valence-corrected chi connectivity index (χ1v) is 3.50. The van der Waals surface area contributed by atoms with Crippen molar-refractivity contribution in [3.63, 3.8) is 0 Å². The van der Waals surface area contributed by atoms with Crippen LogP contribution in [0.25, 0.3) is 5.57 Å². The molecule has 12 heavy (non-hydrogen) atoms. The maximum Gasteiger partial charge on any atom is 0.220 e. The third-order valence-corrected chi connectivity index (χ3v) is 1.47. The molecule has 1 heterocycles. The monoisotopic (exact) mass is 167 g/mol. The van der Waals surface area contributed by atoms with Gasteiger partial charge in [-0.2, -0.15) is 0 Å². The van der Waals surface area contributed by atoms with Gasteiger partial charge in [-0.3, -0.25) is 0 Å². The van der Waals surface area contributed by atoms with E-state index < -0.39 is 0 Å². The molecule has 0 aliphatic rings. The van der Waals surface area contributed by atoms with Gasteiger partial charge in [-0.05, 0) is 18.6 Å². The van der Waals surface area contributed by atoms with E-state index in [2.05, 4.69) is 11.6 Å². The molecule has 0 bridgehead atoms. The van der Waals surface area contributed by atoms with E-state index in [-0.39, 0.29) is 5.82 Å². The van der Waals surface area contributed by atoms with Gasteiger partial charge in [0, 0.05) is 5.56 Å². The molecule has 2 nitrogen and oxygen atoms in total. The van der Waals surface area contributed by atoms with E-state index in [4.69, 9.17) is 4.74 Å². The van der Waals surface area contributed by atoms with Gasteiger partial charge < -0.3 is 4.74 Å². The van der Waals surface area contributed by atoms with Gasteiger partial charge in [-0.25, -0.2) is 9.37 Å². The van der Waals surface area contributed by atoms with Crippen molar-refractivity contribution in [2.45, 2.75) is 6.92 Å². The Morgan fingerprint density at radius 3 is 2.83 bits per heavy atom. The Bertz CT molecular complexity index is 309. The number of pyridine rings is 1. The van der Waals surface area contributed by atoms with Crippen molar-refractivity contribution < 1.29 is 9.13 Å². The fourth-order valence-corrected chi connectivity index (χ4v) is 0.895. The second-order valence-corrected chi connectivity index (χ2v) is 2.49. The maximum absolute atomic E-state index is 12.7. The van der Waals surface area contributed by atoms with Crippen molar-refractivity contribution >= 4 is 5.57 Å². The lowest BCUT2D eigenvalue weighted by Gasteiger charge is -2.05. The minimum Gasteiger partial charge on any atom is -0.481 e. The Morgan fingerprint density at radius 1 is 1.67 bits per heavy atom. The normalized spacial score (nSPS) is 9.58. The van der Waals surface area contributed by atoms with Gasteiger partial charge in [0.15, 0.2) is 0 Å². The molecule has 64 valence electrons. The molecule has 0 N–H and O–H groups in total. The van der Waals surface area contributed by atoms with Crippen LogP contribution in [-0.2, 0) is 0 Å². The van der Waals surface area contributed by atoms with Crippen LogP contribution >= 0.6 is 0 Å². The van der Waals surface area contributed by atoms with E-state index in [1.807, 2.05) is 0 Å². The molecule has 1 aromatic rings. The fraction of sp³-hybridized carbons (Fsp3) is 0.222. The maximum atomic E-state index is 12.7. The summed E-state index contributed by atoms with van der Waals surface area (Å²) in [5.41, 5.74) is 1.34. The Balaban J connectivity index is 3.21. The van der Waals surface area contributed by atoms with Crippen molar-refractivity contribution in [3.05, 3.63) is 30.2 Å². The third-order valence-electron chi connectivity index (χ3n) is 1.47. The molecule has 0 amide bonds. The molecule has 0 unspecified atom stereocenters. The third kappa shape index (κ3) is 1.61. The van der Waals surface area contributed by atoms with E-state index in [0.29, 0.717) is 11.4 Å². The summed E-state index contributed by atoms with van der Waals surface area (Å²) < 4.78 is 17.6. The first-order chi connectivity index (χ1) is 5.65. The van der Waals surface area contributed by atoms with Crippen molar-refractivity contribution in [3.8, 4) is 5.88 Å².